The van der Waals surface area contributed by atoms with Crippen molar-refractivity contribution in [3.63, 3.8) is 0 Å². The molecular formula is C10H12FN3O. The van der Waals surface area contributed by atoms with Crippen molar-refractivity contribution in [2.45, 2.75) is 12.7 Å². The predicted octanol–water partition coefficient (Wildman–Crippen LogP) is 0.631. The number of carbonyl (C=O) groups is 1. The van der Waals surface area contributed by atoms with Crippen molar-refractivity contribution in [3.05, 3.63) is 30.1 Å². The Morgan fingerprint density at radius 2 is 2.07 bits per heavy atom. The molecule has 0 aliphatic carbocycles. The van der Waals surface area contributed by atoms with Gasteiger partial charge in [-0.15, -0.1) is 0 Å². The zero-order valence-corrected chi connectivity index (χ0v) is 8.09. The molecule has 0 radical (unpaired) electrons. The number of amides is 1. The first-order chi connectivity index (χ1) is 7.24. The zero-order valence-electron chi connectivity index (χ0n) is 8.09. The summed E-state index contributed by atoms with van der Waals surface area (Å²) >= 11 is 0. The van der Waals surface area contributed by atoms with E-state index in [4.69, 9.17) is 0 Å². The molecule has 1 aliphatic heterocycles. The molecule has 2 rings (SSSR count). The second-order valence-electron chi connectivity index (χ2n) is 3.36. The number of carbonyl (C=O) groups excluding carboxylic acids is 1. The lowest BCUT2D eigenvalue weighted by atomic mass is 10.3. The summed E-state index contributed by atoms with van der Waals surface area (Å²) in [5.41, 5.74) is 0.760. The van der Waals surface area contributed by atoms with E-state index in [2.05, 4.69) is 16.0 Å². The van der Waals surface area contributed by atoms with Crippen molar-refractivity contribution >= 4 is 11.6 Å². The molecule has 1 fully saturated rings. The first-order valence-electron chi connectivity index (χ1n) is 4.79. The van der Waals surface area contributed by atoms with Crippen LogP contribution in [0.5, 0.6) is 0 Å². The molecule has 0 saturated carbocycles. The van der Waals surface area contributed by atoms with Crippen LogP contribution in [-0.4, -0.2) is 18.7 Å². The number of halogens is 1. The maximum Gasteiger partial charge on any atom is 0.223 e. The van der Waals surface area contributed by atoms with Crippen LogP contribution >= 0.6 is 0 Å². The molecule has 0 aromatic heterocycles. The van der Waals surface area contributed by atoms with Gasteiger partial charge in [0.25, 0.3) is 0 Å². The molecule has 5 heteroatoms. The van der Waals surface area contributed by atoms with Crippen molar-refractivity contribution in [3.8, 4) is 0 Å². The van der Waals surface area contributed by atoms with Gasteiger partial charge in [-0.25, -0.2) is 4.39 Å². The van der Waals surface area contributed by atoms with Gasteiger partial charge < -0.3 is 10.6 Å². The SMILES string of the molecule is O=C1CCNC(Nc2ccc(F)cc2)N1. The Balaban J connectivity index is 1.96. The van der Waals surface area contributed by atoms with Crippen LogP contribution in [-0.2, 0) is 4.79 Å². The van der Waals surface area contributed by atoms with Crippen molar-refractivity contribution < 1.29 is 9.18 Å². The Morgan fingerprint density at radius 3 is 2.73 bits per heavy atom. The third-order valence-corrected chi connectivity index (χ3v) is 2.16. The number of nitrogens with one attached hydrogen (secondary N) is 3. The number of anilines is 1. The maximum absolute atomic E-state index is 12.6. The second kappa shape index (κ2) is 4.27. The summed E-state index contributed by atoms with van der Waals surface area (Å²) in [6.07, 6.45) is 0.207. The Kier molecular flexibility index (Phi) is 2.82. The fraction of sp³-hybridized carbons (Fsp3) is 0.300. The normalized spacial score (nSPS) is 20.9. The minimum atomic E-state index is -0.281. The summed E-state index contributed by atoms with van der Waals surface area (Å²) in [6, 6.07) is 5.98. The zero-order chi connectivity index (χ0) is 10.7. The van der Waals surface area contributed by atoms with Gasteiger partial charge in [0.2, 0.25) is 5.91 Å². The molecular weight excluding hydrogens is 197 g/mol. The van der Waals surface area contributed by atoms with E-state index in [-0.39, 0.29) is 18.0 Å². The van der Waals surface area contributed by atoms with Gasteiger partial charge in [0.05, 0.1) is 0 Å². The summed E-state index contributed by atoms with van der Waals surface area (Å²) in [6.45, 7) is 0.644. The monoisotopic (exact) mass is 209 g/mol. The van der Waals surface area contributed by atoms with Crippen LogP contribution < -0.4 is 16.0 Å². The van der Waals surface area contributed by atoms with Gasteiger partial charge in [0.15, 0.2) is 6.29 Å². The van der Waals surface area contributed by atoms with E-state index in [1.54, 1.807) is 12.1 Å². The van der Waals surface area contributed by atoms with Crippen LogP contribution in [0.1, 0.15) is 6.42 Å². The van der Waals surface area contributed by atoms with Gasteiger partial charge in [-0.1, -0.05) is 0 Å². The number of benzene rings is 1. The summed E-state index contributed by atoms with van der Waals surface area (Å²) in [5.74, 6) is -0.269. The lowest BCUT2D eigenvalue weighted by Crippen LogP contribution is -2.55. The first-order valence-corrected chi connectivity index (χ1v) is 4.79. The summed E-state index contributed by atoms with van der Waals surface area (Å²) in [4.78, 5) is 11.1. The van der Waals surface area contributed by atoms with Gasteiger partial charge in [-0.2, -0.15) is 0 Å². The first kappa shape index (κ1) is 9.92. The van der Waals surface area contributed by atoms with Crippen LogP contribution in [0.4, 0.5) is 10.1 Å². The largest absolute Gasteiger partial charge is 0.353 e. The number of rotatable bonds is 2. The predicted molar refractivity (Wildman–Crippen MR) is 54.6 cm³/mol. The van der Waals surface area contributed by atoms with Gasteiger partial charge in [-0.05, 0) is 24.3 Å². The van der Waals surface area contributed by atoms with Crippen molar-refractivity contribution in [1.82, 2.24) is 10.6 Å². The molecule has 1 aromatic rings. The molecule has 1 unspecified atom stereocenters. The van der Waals surface area contributed by atoms with Gasteiger partial charge in [0.1, 0.15) is 5.82 Å². The molecule has 0 bridgehead atoms. The minimum Gasteiger partial charge on any atom is -0.353 e. The molecule has 80 valence electrons. The fourth-order valence-corrected chi connectivity index (χ4v) is 1.41. The molecule has 3 N–H and O–H groups in total. The highest BCUT2D eigenvalue weighted by Crippen LogP contribution is 2.09. The molecule has 0 spiro atoms. The number of hydrogen-bond donors (Lipinski definition) is 3. The second-order valence-corrected chi connectivity index (χ2v) is 3.36. The summed E-state index contributed by atoms with van der Waals surface area (Å²) in [5, 5.41) is 8.83. The Morgan fingerprint density at radius 1 is 1.33 bits per heavy atom. The van der Waals surface area contributed by atoms with E-state index in [0.29, 0.717) is 13.0 Å². The molecule has 4 nitrogen and oxygen atoms in total. The average Bonchev–Trinajstić information content (AvgIpc) is 2.22. The fourth-order valence-electron chi connectivity index (χ4n) is 1.41. The molecule has 1 aliphatic rings. The van der Waals surface area contributed by atoms with E-state index >= 15 is 0 Å². The maximum atomic E-state index is 12.6. The van der Waals surface area contributed by atoms with Crippen LogP contribution in [0, 0.1) is 5.82 Å². The molecule has 15 heavy (non-hydrogen) atoms. The average molecular weight is 209 g/mol. The van der Waals surface area contributed by atoms with Crippen molar-refractivity contribution in [1.29, 1.82) is 0 Å². The lowest BCUT2D eigenvalue weighted by molar-refractivity contribution is -0.123. The standard InChI is InChI=1S/C10H12FN3O/c11-7-1-3-8(4-2-7)13-10-12-6-5-9(15)14-10/h1-4,10,12-13H,5-6H2,(H,14,15). The van der Waals surface area contributed by atoms with Crippen LogP contribution in [0.15, 0.2) is 24.3 Å². The highest BCUT2D eigenvalue weighted by Gasteiger charge is 2.16. The smallest absolute Gasteiger partial charge is 0.223 e. The summed E-state index contributed by atoms with van der Waals surface area (Å²) < 4.78 is 12.6. The third kappa shape index (κ3) is 2.66. The lowest BCUT2D eigenvalue weighted by Gasteiger charge is -2.26. The van der Waals surface area contributed by atoms with Crippen molar-refractivity contribution in [2.75, 3.05) is 11.9 Å². The van der Waals surface area contributed by atoms with E-state index in [1.165, 1.54) is 12.1 Å². The van der Waals surface area contributed by atoms with E-state index in [0.717, 1.165) is 5.69 Å². The van der Waals surface area contributed by atoms with E-state index in [1.807, 2.05) is 0 Å². The molecule has 1 atom stereocenters. The Hall–Kier alpha value is -1.62. The Labute approximate surface area is 86.9 Å². The topological polar surface area (TPSA) is 53.2 Å². The minimum absolute atomic E-state index is 0.00774. The van der Waals surface area contributed by atoms with Crippen molar-refractivity contribution in [2.24, 2.45) is 0 Å². The van der Waals surface area contributed by atoms with E-state index < -0.39 is 0 Å². The molecule has 1 saturated heterocycles. The molecule has 1 amide bonds. The van der Waals surface area contributed by atoms with Crippen LogP contribution in [0.25, 0.3) is 0 Å². The van der Waals surface area contributed by atoms with Gasteiger partial charge in [0, 0.05) is 18.7 Å². The molecule has 1 aromatic carbocycles. The highest BCUT2D eigenvalue weighted by molar-refractivity contribution is 5.77. The van der Waals surface area contributed by atoms with Gasteiger partial charge >= 0.3 is 0 Å². The van der Waals surface area contributed by atoms with Crippen LogP contribution in [0.3, 0.4) is 0 Å². The Bertz CT molecular complexity index is 352. The quantitative estimate of drug-likeness (QED) is 0.669. The highest BCUT2D eigenvalue weighted by atomic mass is 19.1. The molecule has 1 heterocycles. The van der Waals surface area contributed by atoms with Gasteiger partial charge in [-0.3, -0.25) is 10.1 Å². The summed E-state index contributed by atoms with van der Waals surface area (Å²) in [7, 11) is 0. The van der Waals surface area contributed by atoms with Crippen LogP contribution in [0.2, 0.25) is 0 Å². The van der Waals surface area contributed by atoms with E-state index in [9.17, 15) is 9.18 Å². The number of hydrogen-bond acceptors (Lipinski definition) is 3. The third-order valence-electron chi connectivity index (χ3n) is 2.16.